The molecule has 4 aromatic rings. The monoisotopic (exact) mass is 411 g/mol. The maximum Gasteiger partial charge on any atom is 0.296 e. The predicted octanol–water partition coefficient (Wildman–Crippen LogP) is 5.88. The summed E-state index contributed by atoms with van der Waals surface area (Å²) in [6, 6.07) is 17.3. The van der Waals surface area contributed by atoms with Gasteiger partial charge in [0.2, 0.25) is 5.82 Å². The number of rotatable bonds is 3. The van der Waals surface area contributed by atoms with Gasteiger partial charge in [-0.1, -0.05) is 49.6 Å². The standard InChI is InChI=1S/C27H31N4/c1-18-12-8-9-15-22(18)27-30(4)23-16-10-11-17-24(23)31(27)26-25(21-13-6-5-7-14-21)28-19(2)20(3)29-26/h8-12,15-17,21H,5-7,13-14H2,1-4H3/q+1. The molecule has 0 bridgehead atoms. The molecule has 1 saturated carbocycles. The van der Waals surface area contributed by atoms with Crippen LogP contribution in [-0.4, -0.2) is 14.5 Å². The number of nitrogens with zero attached hydrogens (tertiary/aromatic N) is 4. The van der Waals surface area contributed by atoms with Crippen LogP contribution in [0.15, 0.2) is 48.5 Å². The number of hydrogen-bond donors (Lipinski definition) is 0. The molecule has 0 N–H and O–H groups in total. The van der Waals surface area contributed by atoms with Crippen molar-refractivity contribution in [1.82, 2.24) is 14.5 Å². The topological polar surface area (TPSA) is 34.6 Å². The van der Waals surface area contributed by atoms with E-state index in [1.54, 1.807) is 0 Å². The third-order valence-electron chi connectivity index (χ3n) is 6.92. The van der Waals surface area contributed by atoms with Crippen molar-refractivity contribution >= 4 is 11.0 Å². The highest BCUT2D eigenvalue weighted by Gasteiger charge is 2.32. The number of aromatic nitrogens is 4. The highest BCUT2D eigenvalue weighted by atomic mass is 15.2. The van der Waals surface area contributed by atoms with Crippen LogP contribution in [0.1, 0.15) is 60.7 Å². The SMILES string of the molecule is Cc1ccccc1-c1n(-c2nc(C)c(C)nc2C2CCCCC2)c2ccccc2[n+]1C. The molecule has 1 fully saturated rings. The Morgan fingerprint density at radius 2 is 1.52 bits per heavy atom. The van der Waals surface area contributed by atoms with E-state index in [0.29, 0.717) is 5.92 Å². The highest BCUT2D eigenvalue weighted by Crippen LogP contribution is 2.37. The summed E-state index contributed by atoms with van der Waals surface area (Å²) in [4.78, 5) is 10.3. The largest absolute Gasteiger partial charge is 0.296 e. The molecule has 0 atom stereocenters. The van der Waals surface area contributed by atoms with Crippen molar-refractivity contribution in [2.75, 3.05) is 0 Å². The maximum atomic E-state index is 5.18. The molecule has 0 unspecified atom stereocenters. The van der Waals surface area contributed by atoms with E-state index in [4.69, 9.17) is 9.97 Å². The van der Waals surface area contributed by atoms with Gasteiger partial charge in [0.05, 0.1) is 24.0 Å². The highest BCUT2D eigenvalue weighted by molar-refractivity contribution is 5.79. The summed E-state index contributed by atoms with van der Waals surface area (Å²) in [6.07, 6.45) is 6.30. The molecule has 0 amide bonds. The van der Waals surface area contributed by atoms with E-state index < -0.39 is 0 Å². The van der Waals surface area contributed by atoms with Gasteiger partial charge in [0.25, 0.3) is 5.82 Å². The van der Waals surface area contributed by atoms with Gasteiger partial charge in [-0.25, -0.2) is 14.5 Å². The number of fused-ring (bicyclic) bond motifs is 1. The van der Waals surface area contributed by atoms with E-state index in [1.807, 2.05) is 0 Å². The zero-order valence-corrected chi connectivity index (χ0v) is 19.0. The summed E-state index contributed by atoms with van der Waals surface area (Å²) in [5.74, 6) is 2.64. The lowest BCUT2D eigenvalue weighted by atomic mass is 9.86. The Morgan fingerprint density at radius 3 is 2.29 bits per heavy atom. The van der Waals surface area contributed by atoms with Crippen LogP contribution in [0.2, 0.25) is 0 Å². The number of imidazole rings is 1. The normalized spacial score (nSPS) is 15.0. The third-order valence-corrected chi connectivity index (χ3v) is 6.92. The maximum absolute atomic E-state index is 5.18. The van der Waals surface area contributed by atoms with Crippen LogP contribution >= 0.6 is 0 Å². The molecule has 2 heterocycles. The fraction of sp³-hybridized carbons (Fsp3) is 0.370. The van der Waals surface area contributed by atoms with Gasteiger partial charge in [0.1, 0.15) is 5.69 Å². The number of benzene rings is 2. The zero-order valence-electron chi connectivity index (χ0n) is 19.0. The summed E-state index contributed by atoms with van der Waals surface area (Å²) in [6.45, 7) is 6.36. The zero-order chi connectivity index (χ0) is 21.5. The van der Waals surface area contributed by atoms with E-state index in [-0.39, 0.29) is 0 Å². The van der Waals surface area contributed by atoms with Gasteiger partial charge < -0.3 is 0 Å². The van der Waals surface area contributed by atoms with Crippen molar-refractivity contribution < 1.29 is 4.57 Å². The lowest BCUT2D eigenvalue weighted by molar-refractivity contribution is -0.633. The van der Waals surface area contributed by atoms with Crippen LogP contribution in [0, 0.1) is 20.8 Å². The molecule has 2 aromatic heterocycles. The Hall–Kier alpha value is -3.01. The molecule has 1 aliphatic carbocycles. The predicted molar refractivity (Wildman–Crippen MR) is 126 cm³/mol. The second-order valence-corrected chi connectivity index (χ2v) is 8.96. The fourth-order valence-corrected chi connectivity index (χ4v) is 5.08. The number of aryl methyl sites for hydroxylation is 4. The van der Waals surface area contributed by atoms with Crippen LogP contribution in [0.4, 0.5) is 0 Å². The first-order valence-corrected chi connectivity index (χ1v) is 11.5. The minimum absolute atomic E-state index is 0.478. The summed E-state index contributed by atoms with van der Waals surface area (Å²) in [5, 5.41) is 0. The average molecular weight is 412 g/mol. The molecule has 5 rings (SSSR count). The van der Waals surface area contributed by atoms with E-state index in [0.717, 1.165) is 23.0 Å². The third kappa shape index (κ3) is 3.34. The molecule has 0 spiro atoms. The van der Waals surface area contributed by atoms with Gasteiger partial charge in [-0.2, -0.15) is 4.57 Å². The van der Waals surface area contributed by atoms with Crippen molar-refractivity contribution in [1.29, 1.82) is 0 Å². The Bertz CT molecular complexity index is 1260. The summed E-state index contributed by atoms with van der Waals surface area (Å²) in [7, 11) is 2.16. The Kier molecular flexibility index (Phi) is 5.09. The van der Waals surface area contributed by atoms with E-state index in [9.17, 15) is 0 Å². The summed E-state index contributed by atoms with van der Waals surface area (Å²) >= 11 is 0. The molecule has 2 aromatic carbocycles. The number of hydrogen-bond acceptors (Lipinski definition) is 2. The molecule has 0 radical (unpaired) electrons. The van der Waals surface area contributed by atoms with Crippen molar-refractivity contribution in [2.45, 2.75) is 58.8 Å². The van der Waals surface area contributed by atoms with Crippen LogP contribution in [0.3, 0.4) is 0 Å². The second-order valence-electron chi connectivity index (χ2n) is 8.96. The summed E-state index contributed by atoms with van der Waals surface area (Å²) < 4.78 is 4.67. The van der Waals surface area contributed by atoms with Crippen LogP contribution in [-0.2, 0) is 7.05 Å². The van der Waals surface area contributed by atoms with Gasteiger partial charge >= 0.3 is 0 Å². The molecule has 31 heavy (non-hydrogen) atoms. The van der Waals surface area contributed by atoms with Crippen LogP contribution in [0.5, 0.6) is 0 Å². The number of para-hydroxylation sites is 2. The lowest BCUT2D eigenvalue weighted by Crippen LogP contribution is -2.30. The van der Waals surface area contributed by atoms with Gasteiger partial charge in [-0.05, 0) is 57.4 Å². The van der Waals surface area contributed by atoms with E-state index in [2.05, 4.69) is 85.5 Å². The van der Waals surface area contributed by atoms with E-state index >= 15 is 0 Å². The molecule has 0 saturated heterocycles. The van der Waals surface area contributed by atoms with Gasteiger partial charge in [-0.15, -0.1) is 0 Å². The van der Waals surface area contributed by atoms with Crippen molar-refractivity contribution in [3.05, 3.63) is 71.2 Å². The Labute approximate surface area is 184 Å². The van der Waals surface area contributed by atoms with Crippen molar-refractivity contribution in [3.63, 3.8) is 0 Å². The van der Waals surface area contributed by atoms with Gasteiger partial charge in [0, 0.05) is 5.92 Å². The first-order valence-electron chi connectivity index (χ1n) is 11.5. The first kappa shape index (κ1) is 19.9. The average Bonchev–Trinajstić information content (AvgIpc) is 3.09. The molecule has 158 valence electrons. The molecule has 4 nitrogen and oxygen atoms in total. The smallest absolute Gasteiger partial charge is 0.250 e. The Balaban J connectivity index is 1.87. The first-order chi connectivity index (χ1) is 15.1. The fourth-order valence-electron chi connectivity index (χ4n) is 5.08. The lowest BCUT2D eigenvalue weighted by Gasteiger charge is -2.22. The Morgan fingerprint density at radius 1 is 0.839 bits per heavy atom. The van der Waals surface area contributed by atoms with Gasteiger partial charge in [-0.3, -0.25) is 0 Å². The van der Waals surface area contributed by atoms with Crippen LogP contribution < -0.4 is 4.57 Å². The molecular formula is C27H31N4+. The van der Waals surface area contributed by atoms with Gasteiger partial charge in [0.15, 0.2) is 11.0 Å². The van der Waals surface area contributed by atoms with E-state index in [1.165, 1.54) is 60.0 Å². The molecule has 4 heteroatoms. The van der Waals surface area contributed by atoms with Crippen LogP contribution in [0.25, 0.3) is 28.2 Å². The van der Waals surface area contributed by atoms with Crippen molar-refractivity contribution in [3.8, 4) is 17.2 Å². The molecule has 0 aliphatic heterocycles. The quantitative estimate of drug-likeness (QED) is 0.394. The minimum atomic E-state index is 0.478. The van der Waals surface area contributed by atoms with Crippen molar-refractivity contribution in [2.24, 2.45) is 7.05 Å². The molecular weight excluding hydrogens is 380 g/mol. The summed E-state index contributed by atoms with van der Waals surface area (Å²) in [5.41, 5.74) is 8.09. The minimum Gasteiger partial charge on any atom is -0.250 e. The molecule has 1 aliphatic rings. The second kappa shape index (κ2) is 7.92.